The highest BCUT2D eigenvalue weighted by molar-refractivity contribution is 5.76. The van der Waals surface area contributed by atoms with E-state index in [1.165, 1.54) is 17.0 Å². The lowest BCUT2D eigenvalue weighted by atomic mass is 9.99. The quantitative estimate of drug-likeness (QED) is 0.848. The number of benzene rings is 1. The van der Waals surface area contributed by atoms with Gasteiger partial charge in [0.2, 0.25) is 0 Å². The van der Waals surface area contributed by atoms with Gasteiger partial charge in [0, 0.05) is 38.4 Å². The number of aliphatic carboxylic acids is 1. The largest absolute Gasteiger partial charge is 0.481 e. The number of hydrogen-bond acceptors (Lipinski definition) is 4. The number of ether oxygens (including phenoxy) is 1. The summed E-state index contributed by atoms with van der Waals surface area (Å²) in [5, 5.41) is 11.9. The van der Waals surface area contributed by atoms with Gasteiger partial charge >= 0.3 is 12.0 Å². The minimum absolute atomic E-state index is 0.192. The summed E-state index contributed by atoms with van der Waals surface area (Å²) in [6.07, 6.45) is 1.26. The van der Waals surface area contributed by atoms with Gasteiger partial charge in [-0.1, -0.05) is 0 Å². The number of halogens is 1. The Hall–Kier alpha value is -2.35. The van der Waals surface area contributed by atoms with E-state index in [1.54, 1.807) is 6.07 Å². The van der Waals surface area contributed by atoms with E-state index in [9.17, 15) is 14.0 Å². The highest BCUT2D eigenvalue weighted by Gasteiger charge is 2.28. The van der Waals surface area contributed by atoms with Crippen molar-refractivity contribution >= 4 is 17.7 Å². The van der Waals surface area contributed by atoms with Gasteiger partial charge in [0.05, 0.1) is 19.1 Å². The summed E-state index contributed by atoms with van der Waals surface area (Å²) in [4.78, 5) is 27.2. The van der Waals surface area contributed by atoms with Crippen LogP contribution in [0.2, 0.25) is 0 Å². The molecule has 2 saturated heterocycles. The number of likely N-dealkylation sites (tertiary alicyclic amines) is 1. The molecule has 2 aliphatic rings. The van der Waals surface area contributed by atoms with Crippen LogP contribution in [0, 0.1) is 11.7 Å². The Bertz CT molecular complexity index is 664. The Morgan fingerprint density at radius 1 is 1.27 bits per heavy atom. The van der Waals surface area contributed by atoms with Crippen LogP contribution >= 0.6 is 0 Å². The molecule has 26 heavy (non-hydrogen) atoms. The molecule has 2 heterocycles. The maximum Gasteiger partial charge on any atom is 0.317 e. The number of hydrogen-bond donors (Lipinski definition) is 2. The van der Waals surface area contributed by atoms with Gasteiger partial charge in [0.1, 0.15) is 5.82 Å². The van der Waals surface area contributed by atoms with Crippen LogP contribution in [0.3, 0.4) is 0 Å². The van der Waals surface area contributed by atoms with E-state index in [2.05, 4.69) is 10.2 Å². The highest BCUT2D eigenvalue weighted by atomic mass is 19.1. The van der Waals surface area contributed by atoms with Gasteiger partial charge in [-0.15, -0.1) is 0 Å². The molecule has 0 saturated carbocycles. The van der Waals surface area contributed by atoms with Crippen molar-refractivity contribution in [1.29, 1.82) is 0 Å². The van der Waals surface area contributed by atoms with Crippen molar-refractivity contribution in [3.8, 4) is 0 Å². The Kier molecular flexibility index (Phi) is 5.92. The zero-order valence-electron chi connectivity index (χ0n) is 14.6. The van der Waals surface area contributed by atoms with E-state index in [0.717, 1.165) is 18.8 Å². The number of rotatable bonds is 4. The summed E-state index contributed by atoms with van der Waals surface area (Å²) in [6, 6.07) is 4.26. The molecule has 0 bridgehead atoms. The van der Waals surface area contributed by atoms with Crippen LogP contribution in [0.25, 0.3) is 0 Å². The van der Waals surface area contributed by atoms with Crippen LogP contribution in [0.5, 0.6) is 0 Å². The number of morpholine rings is 1. The summed E-state index contributed by atoms with van der Waals surface area (Å²) in [5.74, 6) is -1.75. The Labute approximate surface area is 151 Å². The molecule has 2 fully saturated rings. The van der Waals surface area contributed by atoms with Gasteiger partial charge in [0.15, 0.2) is 0 Å². The van der Waals surface area contributed by atoms with E-state index >= 15 is 0 Å². The second kappa shape index (κ2) is 8.35. The number of nitrogens with one attached hydrogen (secondary N) is 1. The number of piperidine rings is 1. The van der Waals surface area contributed by atoms with Crippen molar-refractivity contribution in [3.63, 3.8) is 0 Å². The van der Waals surface area contributed by atoms with E-state index in [-0.39, 0.29) is 24.9 Å². The van der Waals surface area contributed by atoms with Gasteiger partial charge in [-0.25, -0.2) is 9.18 Å². The second-order valence-corrected chi connectivity index (χ2v) is 6.65. The van der Waals surface area contributed by atoms with Crippen molar-refractivity contribution in [1.82, 2.24) is 10.2 Å². The third kappa shape index (κ3) is 4.43. The molecule has 0 aromatic heterocycles. The topological polar surface area (TPSA) is 82.1 Å². The predicted octanol–water partition coefficient (Wildman–Crippen LogP) is 1.67. The highest BCUT2D eigenvalue weighted by Crippen LogP contribution is 2.23. The molecule has 8 heteroatoms. The smallest absolute Gasteiger partial charge is 0.317 e. The van der Waals surface area contributed by atoms with Crippen molar-refractivity contribution in [2.75, 3.05) is 44.3 Å². The summed E-state index contributed by atoms with van der Waals surface area (Å²) in [6.45, 7) is 3.62. The fourth-order valence-corrected chi connectivity index (χ4v) is 3.45. The predicted molar refractivity (Wildman–Crippen MR) is 93.6 cm³/mol. The van der Waals surface area contributed by atoms with Crippen LogP contribution in [0.15, 0.2) is 18.2 Å². The van der Waals surface area contributed by atoms with Crippen molar-refractivity contribution in [2.24, 2.45) is 5.92 Å². The van der Waals surface area contributed by atoms with Crippen LogP contribution < -0.4 is 10.2 Å². The molecule has 7 nitrogen and oxygen atoms in total. The molecule has 1 aromatic carbocycles. The Morgan fingerprint density at radius 2 is 2.04 bits per heavy atom. The summed E-state index contributed by atoms with van der Waals surface area (Å²) < 4.78 is 19.1. The minimum atomic E-state index is -0.873. The van der Waals surface area contributed by atoms with Gasteiger partial charge in [-0.2, -0.15) is 0 Å². The van der Waals surface area contributed by atoms with E-state index in [1.807, 2.05) is 0 Å². The van der Waals surface area contributed by atoms with Crippen molar-refractivity contribution in [2.45, 2.75) is 19.4 Å². The molecule has 1 atom stereocenters. The standard InChI is InChI=1S/C18H24FN3O4/c19-15-3-4-16(21-6-8-26-9-7-21)14(10-15)11-20-18(25)22-5-1-2-13(12-22)17(23)24/h3-4,10,13H,1-2,5-9,11-12H2,(H,20,25)(H,23,24). The van der Waals surface area contributed by atoms with E-state index in [0.29, 0.717) is 38.2 Å². The molecule has 0 radical (unpaired) electrons. The SMILES string of the molecule is O=C(O)C1CCCN(C(=O)NCc2cc(F)ccc2N2CCOCC2)C1. The van der Waals surface area contributed by atoms with Crippen molar-refractivity contribution < 1.29 is 23.8 Å². The number of carbonyl (C=O) groups is 2. The lowest BCUT2D eigenvalue weighted by molar-refractivity contribution is -0.143. The first-order valence-corrected chi connectivity index (χ1v) is 8.91. The molecule has 142 valence electrons. The lowest BCUT2D eigenvalue weighted by Gasteiger charge is -2.32. The monoisotopic (exact) mass is 365 g/mol. The number of carboxylic acids is 1. The second-order valence-electron chi connectivity index (χ2n) is 6.65. The third-order valence-electron chi connectivity index (χ3n) is 4.88. The third-order valence-corrected chi connectivity index (χ3v) is 4.88. The normalized spacial score (nSPS) is 20.7. The number of amides is 2. The minimum Gasteiger partial charge on any atom is -0.481 e. The molecule has 2 N–H and O–H groups in total. The molecule has 0 spiro atoms. The maximum absolute atomic E-state index is 13.7. The fraction of sp³-hybridized carbons (Fsp3) is 0.556. The first-order valence-electron chi connectivity index (χ1n) is 8.91. The maximum atomic E-state index is 13.7. The lowest BCUT2D eigenvalue weighted by Crippen LogP contribution is -2.47. The number of carbonyl (C=O) groups excluding carboxylic acids is 1. The Morgan fingerprint density at radius 3 is 2.77 bits per heavy atom. The zero-order chi connectivity index (χ0) is 18.5. The average molecular weight is 365 g/mol. The number of carboxylic acid groups (broad SMARTS) is 1. The molecule has 1 unspecified atom stereocenters. The molecular formula is C18H24FN3O4. The first kappa shape index (κ1) is 18.4. The summed E-state index contributed by atoms with van der Waals surface area (Å²) >= 11 is 0. The molecular weight excluding hydrogens is 341 g/mol. The molecule has 1 aromatic rings. The van der Waals surface area contributed by atoms with Crippen LogP contribution in [-0.4, -0.2) is 61.4 Å². The van der Waals surface area contributed by atoms with Gasteiger partial charge < -0.3 is 25.0 Å². The molecule has 2 amide bonds. The molecule has 0 aliphatic carbocycles. The zero-order valence-corrected chi connectivity index (χ0v) is 14.6. The van der Waals surface area contributed by atoms with Gasteiger partial charge in [0.25, 0.3) is 0 Å². The first-order chi connectivity index (χ1) is 12.5. The van der Waals surface area contributed by atoms with E-state index < -0.39 is 11.9 Å². The molecule has 3 rings (SSSR count). The van der Waals surface area contributed by atoms with Gasteiger partial charge in [-0.3, -0.25) is 4.79 Å². The van der Waals surface area contributed by atoms with Gasteiger partial charge in [-0.05, 0) is 36.6 Å². The van der Waals surface area contributed by atoms with E-state index in [4.69, 9.17) is 9.84 Å². The summed E-state index contributed by atoms with van der Waals surface area (Å²) in [5.41, 5.74) is 1.59. The number of urea groups is 1. The van der Waals surface area contributed by atoms with Crippen LogP contribution in [0.1, 0.15) is 18.4 Å². The number of nitrogens with zero attached hydrogens (tertiary/aromatic N) is 2. The number of anilines is 1. The fourth-order valence-electron chi connectivity index (χ4n) is 3.45. The van der Waals surface area contributed by atoms with Crippen molar-refractivity contribution in [3.05, 3.63) is 29.6 Å². The van der Waals surface area contributed by atoms with Crippen LogP contribution in [0.4, 0.5) is 14.9 Å². The average Bonchev–Trinajstić information content (AvgIpc) is 2.67. The van der Waals surface area contributed by atoms with Crippen LogP contribution in [-0.2, 0) is 16.1 Å². The summed E-state index contributed by atoms with van der Waals surface area (Å²) in [7, 11) is 0. The Balaban J connectivity index is 1.64. The molecule has 2 aliphatic heterocycles.